The van der Waals surface area contributed by atoms with E-state index < -0.39 is 0 Å². The Bertz CT molecular complexity index is 449. The second-order valence-electron chi connectivity index (χ2n) is 4.42. The van der Waals surface area contributed by atoms with Crippen LogP contribution in [0, 0.1) is 6.92 Å². The minimum atomic E-state index is -0.321. The number of ether oxygens (including phenoxy) is 2. The van der Waals surface area contributed by atoms with Gasteiger partial charge in [-0.2, -0.15) is 0 Å². The van der Waals surface area contributed by atoms with Crippen LogP contribution in [0.5, 0.6) is 5.75 Å². The van der Waals surface area contributed by atoms with Crippen molar-refractivity contribution < 1.29 is 14.3 Å². The zero-order valence-electron chi connectivity index (χ0n) is 10.6. The van der Waals surface area contributed by atoms with Crippen LogP contribution in [0.3, 0.4) is 0 Å². The van der Waals surface area contributed by atoms with Crippen LogP contribution >= 0.6 is 0 Å². The number of benzene rings is 1. The Morgan fingerprint density at radius 2 is 1.94 bits per heavy atom. The molecule has 92 valence electrons. The third kappa shape index (κ3) is 2.02. The van der Waals surface area contributed by atoms with Crippen LogP contribution in [0.2, 0.25) is 0 Å². The Morgan fingerprint density at radius 3 is 2.59 bits per heavy atom. The zero-order chi connectivity index (χ0) is 12.4. The van der Waals surface area contributed by atoms with Crippen molar-refractivity contribution in [2.45, 2.75) is 32.6 Å². The summed E-state index contributed by atoms with van der Waals surface area (Å²) in [6.07, 6.45) is 4.54. The van der Waals surface area contributed by atoms with E-state index in [-0.39, 0.29) is 5.97 Å². The Morgan fingerprint density at radius 1 is 1.24 bits per heavy atom. The maximum Gasteiger partial charge on any atom is 0.341 e. The molecular formula is C14H18O3. The van der Waals surface area contributed by atoms with Gasteiger partial charge in [-0.25, -0.2) is 4.79 Å². The van der Waals surface area contributed by atoms with Crippen LogP contribution < -0.4 is 4.74 Å². The summed E-state index contributed by atoms with van der Waals surface area (Å²) in [5.41, 5.74) is 4.26. The topological polar surface area (TPSA) is 35.5 Å². The first-order chi connectivity index (χ1) is 8.19. The zero-order valence-corrected chi connectivity index (χ0v) is 10.6. The number of rotatable bonds is 2. The minimum absolute atomic E-state index is 0.321. The van der Waals surface area contributed by atoms with Gasteiger partial charge in [-0.1, -0.05) is 0 Å². The lowest BCUT2D eigenvalue weighted by Crippen LogP contribution is -2.12. The number of hydrogen-bond donors (Lipinski definition) is 0. The van der Waals surface area contributed by atoms with Crippen molar-refractivity contribution >= 4 is 5.97 Å². The molecule has 0 amide bonds. The fourth-order valence-corrected chi connectivity index (χ4v) is 2.62. The summed E-state index contributed by atoms with van der Waals surface area (Å²) < 4.78 is 10.2. The van der Waals surface area contributed by atoms with E-state index in [9.17, 15) is 4.79 Å². The number of methoxy groups -OCH3 is 2. The molecule has 0 aromatic heterocycles. The van der Waals surface area contributed by atoms with Crippen molar-refractivity contribution in [1.82, 2.24) is 0 Å². The highest BCUT2D eigenvalue weighted by molar-refractivity contribution is 5.93. The van der Waals surface area contributed by atoms with Gasteiger partial charge in [0.25, 0.3) is 0 Å². The van der Waals surface area contributed by atoms with E-state index in [0.717, 1.165) is 18.4 Å². The van der Waals surface area contributed by atoms with Crippen molar-refractivity contribution in [3.05, 3.63) is 28.3 Å². The summed E-state index contributed by atoms with van der Waals surface area (Å²) in [7, 11) is 3.00. The lowest BCUT2D eigenvalue weighted by atomic mass is 9.86. The Kier molecular flexibility index (Phi) is 3.36. The van der Waals surface area contributed by atoms with E-state index in [4.69, 9.17) is 9.47 Å². The maximum atomic E-state index is 11.7. The van der Waals surface area contributed by atoms with Gasteiger partial charge in [0.05, 0.1) is 14.2 Å². The highest BCUT2D eigenvalue weighted by Gasteiger charge is 2.22. The smallest absolute Gasteiger partial charge is 0.341 e. The lowest BCUT2D eigenvalue weighted by Gasteiger charge is -2.21. The van der Waals surface area contributed by atoms with Crippen molar-refractivity contribution in [3.8, 4) is 5.75 Å². The first kappa shape index (κ1) is 12.0. The number of hydrogen-bond acceptors (Lipinski definition) is 3. The Balaban J connectivity index is 2.59. The molecule has 0 unspecified atom stereocenters. The van der Waals surface area contributed by atoms with Crippen molar-refractivity contribution in [2.75, 3.05) is 14.2 Å². The first-order valence-corrected chi connectivity index (χ1v) is 5.96. The maximum absolute atomic E-state index is 11.7. The standard InChI is InChI=1S/C14H18O3/c1-9-11-7-5-4-6-10(11)8-12(13(9)16-2)14(15)17-3/h8H,4-7H2,1-3H3. The molecule has 0 atom stereocenters. The van der Waals surface area contributed by atoms with Gasteiger partial charge in [0.1, 0.15) is 11.3 Å². The van der Waals surface area contributed by atoms with E-state index in [0.29, 0.717) is 11.3 Å². The summed E-state index contributed by atoms with van der Waals surface area (Å²) in [6, 6.07) is 1.94. The number of esters is 1. The quantitative estimate of drug-likeness (QED) is 0.738. The lowest BCUT2D eigenvalue weighted by molar-refractivity contribution is 0.0596. The molecule has 0 fully saturated rings. The molecule has 0 heterocycles. The highest BCUT2D eigenvalue weighted by atomic mass is 16.5. The normalized spacial score (nSPS) is 14.1. The molecule has 1 aromatic rings. The number of carbonyl (C=O) groups excluding carboxylic acids is 1. The van der Waals surface area contributed by atoms with Crippen LogP contribution in [0.25, 0.3) is 0 Å². The van der Waals surface area contributed by atoms with Crippen LogP contribution in [-0.2, 0) is 17.6 Å². The van der Waals surface area contributed by atoms with Crippen molar-refractivity contribution in [3.63, 3.8) is 0 Å². The van der Waals surface area contributed by atoms with Gasteiger partial charge < -0.3 is 9.47 Å². The molecule has 1 aliphatic carbocycles. The van der Waals surface area contributed by atoms with Gasteiger partial charge in [0, 0.05) is 0 Å². The average Bonchev–Trinajstić information content (AvgIpc) is 2.37. The van der Waals surface area contributed by atoms with Gasteiger partial charge in [-0.3, -0.25) is 0 Å². The third-order valence-electron chi connectivity index (χ3n) is 3.48. The minimum Gasteiger partial charge on any atom is -0.496 e. The van der Waals surface area contributed by atoms with E-state index in [2.05, 4.69) is 0 Å². The predicted octanol–water partition coefficient (Wildman–Crippen LogP) is 2.67. The molecule has 17 heavy (non-hydrogen) atoms. The summed E-state index contributed by atoms with van der Waals surface area (Å²) in [5, 5.41) is 0. The number of fused-ring (bicyclic) bond motifs is 1. The molecule has 0 spiro atoms. The molecule has 0 saturated heterocycles. The molecule has 2 rings (SSSR count). The van der Waals surface area contributed by atoms with Gasteiger partial charge in [-0.15, -0.1) is 0 Å². The molecule has 3 heteroatoms. The number of carbonyl (C=O) groups is 1. The second kappa shape index (κ2) is 4.78. The summed E-state index contributed by atoms with van der Waals surface area (Å²) in [5.74, 6) is 0.343. The molecule has 1 aliphatic rings. The van der Waals surface area contributed by atoms with Crippen molar-refractivity contribution in [2.24, 2.45) is 0 Å². The van der Waals surface area contributed by atoms with E-state index >= 15 is 0 Å². The Labute approximate surface area is 102 Å². The molecule has 0 aliphatic heterocycles. The van der Waals surface area contributed by atoms with E-state index in [1.165, 1.54) is 31.1 Å². The fourth-order valence-electron chi connectivity index (χ4n) is 2.62. The molecule has 0 radical (unpaired) electrons. The van der Waals surface area contributed by atoms with Gasteiger partial charge in [0.15, 0.2) is 0 Å². The van der Waals surface area contributed by atoms with E-state index in [1.54, 1.807) is 7.11 Å². The Hall–Kier alpha value is -1.51. The first-order valence-electron chi connectivity index (χ1n) is 5.96. The number of aryl methyl sites for hydroxylation is 1. The largest absolute Gasteiger partial charge is 0.496 e. The molecule has 0 N–H and O–H groups in total. The molecule has 0 bridgehead atoms. The molecule has 3 nitrogen and oxygen atoms in total. The van der Waals surface area contributed by atoms with Crippen LogP contribution in [0.4, 0.5) is 0 Å². The summed E-state index contributed by atoms with van der Waals surface area (Å²) in [4.78, 5) is 11.7. The summed E-state index contributed by atoms with van der Waals surface area (Å²) in [6.45, 7) is 2.02. The van der Waals surface area contributed by atoms with Gasteiger partial charge in [-0.05, 0) is 55.4 Å². The van der Waals surface area contributed by atoms with Crippen LogP contribution in [0.1, 0.15) is 39.9 Å². The van der Waals surface area contributed by atoms with Gasteiger partial charge in [0.2, 0.25) is 0 Å². The van der Waals surface area contributed by atoms with Crippen LogP contribution in [-0.4, -0.2) is 20.2 Å². The second-order valence-corrected chi connectivity index (χ2v) is 4.42. The highest BCUT2D eigenvalue weighted by Crippen LogP contribution is 2.34. The van der Waals surface area contributed by atoms with E-state index in [1.807, 2.05) is 13.0 Å². The fraction of sp³-hybridized carbons (Fsp3) is 0.500. The SMILES string of the molecule is COC(=O)c1cc2c(c(C)c1OC)CCCC2. The monoisotopic (exact) mass is 234 g/mol. The average molecular weight is 234 g/mol. The summed E-state index contributed by atoms with van der Waals surface area (Å²) >= 11 is 0. The van der Waals surface area contributed by atoms with Crippen molar-refractivity contribution in [1.29, 1.82) is 0 Å². The van der Waals surface area contributed by atoms with Gasteiger partial charge >= 0.3 is 5.97 Å². The molecule has 0 saturated carbocycles. The molecule has 1 aromatic carbocycles. The third-order valence-corrected chi connectivity index (χ3v) is 3.48. The molecular weight excluding hydrogens is 216 g/mol. The van der Waals surface area contributed by atoms with Crippen LogP contribution in [0.15, 0.2) is 6.07 Å². The predicted molar refractivity (Wildman–Crippen MR) is 65.7 cm³/mol.